The van der Waals surface area contributed by atoms with Crippen LogP contribution in [0.15, 0.2) is 28.7 Å². The average molecular weight is 383 g/mol. The van der Waals surface area contributed by atoms with E-state index in [1.165, 1.54) is 0 Å². The number of amides is 2. The summed E-state index contributed by atoms with van der Waals surface area (Å²) in [6.45, 7) is 8.24. The molecular formula is C22H29N3O3. The van der Waals surface area contributed by atoms with Crippen molar-refractivity contribution < 1.29 is 14.0 Å². The van der Waals surface area contributed by atoms with Crippen LogP contribution in [0.1, 0.15) is 57.9 Å². The number of benzene rings is 1. The lowest BCUT2D eigenvalue weighted by Gasteiger charge is -2.24. The highest BCUT2D eigenvalue weighted by Crippen LogP contribution is 2.32. The Labute approximate surface area is 166 Å². The summed E-state index contributed by atoms with van der Waals surface area (Å²) < 4.78 is 5.84. The van der Waals surface area contributed by atoms with Gasteiger partial charge in [0.15, 0.2) is 0 Å². The van der Waals surface area contributed by atoms with Crippen LogP contribution in [0, 0.1) is 18.3 Å². The minimum atomic E-state index is -0.0638. The van der Waals surface area contributed by atoms with Crippen LogP contribution in [0.2, 0.25) is 0 Å². The quantitative estimate of drug-likeness (QED) is 0.772. The number of carbonyl (C=O) groups is 2. The summed E-state index contributed by atoms with van der Waals surface area (Å²) in [5, 5.41) is 5.91. The molecule has 2 N–H and O–H groups in total. The molecule has 0 spiro atoms. The molecule has 1 saturated carbocycles. The number of oxazole rings is 1. The zero-order valence-electron chi connectivity index (χ0n) is 17.1. The van der Waals surface area contributed by atoms with Gasteiger partial charge in [-0.25, -0.2) is 4.98 Å². The third-order valence-electron chi connectivity index (χ3n) is 4.93. The van der Waals surface area contributed by atoms with E-state index in [4.69, 9.17) is 4.42 Å². The van der Waals surface area contributed by atoms with Gasteiger partial charge >= 0.3 is 0 Å². The molecule has 0 aliphatic heterocycles. The molecule has 0 saturated heterocycles. The van der Waals surface area contributed by atoms with Crippen LogP contribution in [0.25, 0.3) is 11.5 Å². The largest absolute Gasteiger partial charge is 0.441 e. The lowest BCUT2D eigenvalue weighted by molar-refractivity contribution is -0.123. The Kier molecular flexibility index (Phi) is 5.87. The van der Waals surface area contributed by atoms with Crippen molar-refractivity contribution in [3.05, 3.63) is 35.7 Å². The highest BCUT2D eigenvalue weighted by molar-refractivity contribution is 5.96. The summed E-state index contributed by atoms with van der Waals surface area (Å²) in [6.07, 6.45) is 3.46. The summed E-state index contributed by atoms with van der Waals surface area (Å²) in [7, 11) is 0. The molecule has 0 atom stereocenters. The molecule has 1 aromatic heterocycles. The Morgan fingerprint density at radius 2 is 1.93 bits per heavy atom. The lowest BCUT2D eigenvalue weighted by atomic mass is 9.85. The number of nitrogens with zero attached hydrogens (tertiary/aromatic N) is 1. The van der Waals surface area contributed by atoms with Gasteiger partial charge in [0.1, 0.15) is 11.5 Å². The maximum atomic E-state index is 12.3. The molecule has 6 nitrogen and oxygen atoms in total. The number of anilines is 1. The van der Waals surface area contributed by atoms with E-state index < -0.39 is 0 Å². The molecule has 0 unspecified atom stereocenters. The Balaban J connectivity index is 1.72. The van der Waals surface area contributed by atoms with Crippen molar-refractivity contribution in [2.45, 2.75) is 59.9 Å². The third-order valence-corrected chi connectivity index (χ3v) is 4.93. The molecule has 2 aromatic rings. The zero-order valence-corrected chi connectivity index (χ0v) is 17.1. The standard InChI is InChI=1S/C22H29N3O3/c1-14-18(13-23-19(26)12-22(2,3)4)25-21(28-14)16-10-5-6-11-17(16)24-20(27)15-8-7-9-15/h5-6,10-11,15H,7-9,12-13H2,1-4H3,(H,23,26)(H,24,27). The number of nitrogens with one attached hydrogen (secondary N) is 2. The maximum Gasteiger partial charge on any atom is 0.228 e. The fourth-order valence-corrected chi connectivity index (χ4v) is 3.12. The Morgan fingerprint density at radius 1 is 1.21 bits per heavy atom. The van der Waals surface area contributed by atoms with E-state index in [9.17, 15) is 9.59 Å². The van der Waals surface area contributed by atoms with Gasteiger partial charge < -0.3 is 15.1 Å². The molecule has 150 valence electrons. The van der Waals surface area contributed by atoms with Crippen molar-refractivity contribution in [1.29, 1.82) is 0 Å². The van der Waals surface area contributed by atoms with E-state index in [0.29, 0.717) is 36.0 Å². The molecule has 1 aliphatic rings. The monoisotopic (exact) mass is 383 g/mol. The van der Waals surface area contributed by atoms with Crippen LogP contribution in [-0.4, -0.2) is 16.8 Å². The molecular weight excluding hydrogens is 354 g/mol. The van der Waals surface area contributed by atoms with E-state index >= 15 is 0 Å². The van der Waals surface area contributed by atoms with Gasteiger partial charge in [-0.3, -0.25) is 9.59 Å². The second-order valence-corrected chi connectivity index (χ2v) is 8.70. The van der Waals surface area contributed by atoms with Gasteiger partial charge in [-0.05, 0) is 37.3 Å². The minimum absolute atomic E-state index is 0.00962. The summed E-state index contributed by atoms with van der Waals surface area (Å²) in [4.78, 5) is 29.0. The highest BCUT2D eigenvalue weighted by atomic mass is 16.4. The van der Waals surface area contributed by atoms with Crippen LogP contribution in [0.3, 0.4) is 0 Å². The van der Waals surface area contributed by atoms with Crippen LogP contribution in [0.4, 0.5) is 5.69 Å². The molecule has 0 bridgehead atoms. The van der Waals surface area contributed by atoms with Gasteiger partial charge in [0.2, 0.25) is 17.7 Å². The van der Waals surface area contributed by atoms with Gasteiger partial charge in [0.05, 0.1) is 17.8 Å². The molecule has 2 amide bonds. The van der Waals surface area contributed by atoms with Crippen molar-refractivity contribution in [2.75, 3.05) is 5.32 Å². The van der Waals surface area contributed by atoms with Gasteiger partial charge in [0.25, 0.3) is 0 Å². The van der Waals surface area contributed by atoms with Crippen LogP contribution in [-0.2, 0) is 16.1 Å². The second kappa shape index (κ2) is 8.17. The SMILES string of the molecule is Cc1oc(-c2ccccc2NC(=O)C2CCC2)nc1CNC(=O)CC(C)(C)C. The first-order chi connectivity index (χ1) is 13.2. The van der Waals surface area contributed by atoms with Gasteiger partial charge in [-0.15, -0.1) is 0 Å². The first kappa shape index (κ1) is 20.1. The number of carbonyl (C=O) groups excluding carboxylic acids is 2. The maximum absolute atomic E-state index is 12.3. The van der Waals surface area contributed by atoms with Crippen molar-refractivity contribution >= 4 is 17.5 Å². The van der Waals surface area contributed by atoms with E-state index in [1.807, 2.05) is 52.0 Å². The van der Waals surface area contributed by atoms with Gasteiger partial charge in [-0.1, -0.05) is 39.3 Å². The minimum Gasteiger partial charge on any atom is -0.441 e. The Morgan fingerprint density at radius 3 is 2.57 bits per heavy atom. The molecule has 1 aromatic carbocycles. The van der Waals surface area contributed by atoms with E-state index in [2.05, 4.69) is 15.6 Å². The van der Waals surface area contributed by atoms with Crippen molar-refractivity contribution in [3.8, 4) is 11.5 Å². The lowest BCUT2D eigenvalue weighted by Crippen LogP contribution is -2.28. The van der Waals surface area contributed by atoms with Gasteiger partial charge in [0, 0.05) is 12.3 Å². The van der Waals surface area contributed by atoms with Gasteiger partial charge in [-0.2, -0.15) is 0 Å². The summed E-state index contributed by atoms with van der Waals surface area (Å²) >= 11 is 0. The molecule has 1 heterocycles. The van der Waals surface area contributed by atoms with E-state index in [1.54, 1.807) is 0 Å². The summed E-state index contributed by atoms with van der Waals surface area (Å²) in [5.41, 5.74) is 2.07. The predicted octanol–water partition coefficient (Wildman–Crippen LogP) is 4.44. The first-order valence-electron chi connectivity index (χ1n) is 9.86. The number of aromatic nitrogens is 1. The van der Waals surface area contributed by atoms with E-state index in [0.717, 1.165) is 24.8 Å². The molecule has 1 fully saturated rings. The Bertz CT molecular complexity index is 860. The molecule has 1 aliphatic carbocycles. The number of aryl methyl sites for hydroxylation is 1. The Hall–Kier alpha value is -2.63. The molecule has 0 radical (unpaired) electrons. The number of para-hydroxylation sites is 1. The topological polar surface area (TPSA) is 84.2 Å². The fraction of sp³-hybridized carbons (Fsp3) is 0.500. The third kappa shape index (κ3) is 5.00. The number of rotatable bonds is 6. The van der Waals surface area contributed by atoms with Crippen LogP contribution in [0.5, 0.6) is 0 Å². The molecule has 6 heteroatoms. The summed E-state index contributed by atoms with van der Waals surface area (Å²) in [6, 6.07) is 7.50. The summed E-state index contributed by atoms with van der Waals surface area (Å²) in [5.74, 6) is 1.25. The second-order valence-electron chi connectivity index (χ2n) is 8.70. The molecule has 28 heavy (non-hydrogen) atoms. The normalized spacial score (nSPS) is 14.4. The van der Waals surface area contributed by atoms with E-state index in [-0.39, 0.29) is 23.1 Å². The fourth-order valence-electron chi connectivity index (χ4n) is 3.12. The first-order valence-corrected chi connectivity index (χ1v) is 9.86. The number of hydrogen-bond donors (Lipinski definition) is 2. The molecule has 3 rings (SSSR count). The van der Waals surface area contributed by atoms with Crippen LogP contribution < -0.4 is 10.6 Å². The zero-order chi connectivity index (χ0) is 20.3. The highest BCUT2D eigenvalue weighted by Gasteiger charge is 2.26. The van der Waals surface area contributed by atoms with Crippen LogP contribution >= 0.6 is 0 Å². The van der Waals surface area contributed by atoms with Crippen molar-refractivity contribution in [3.63, 3.8) is 0 Å². The average Bonchev–Trinajstić information content (AvgIpc) is 2.91. The van der Waals surface area contributed by atoms with Crippen molar-refractivity contribution in [1.82, 2.24) is 10.3 Å². The number of hydrogen-bond acceptors (Lipinski definition) is 4. The smallest absolute Gasteiger partial charge is 0.228 e. The van der Waals surface area contributed by atoms with Crippen molar-refractivity contribution in [2.24, 2.45) is 11.3 Å². The predicted molar refractivity (Wildman–Crippen MR) is 109 cm³/mol.